The van der Waals surface area contributed by atoms with E-state index >= 15 is 0 Å². The Balaban J connectivity index is 1.88. The van der Waals surface area contributed by atoms with E-state index in [0.717, 1.165) is 49.4 Å². The van der Waals surface area contributed by atoms with Gasteiger partial charge in [0.2, 0.25) is 0 Å². The maximum atomic E-state index is 4.74. The second-order valence-corrected chi connectivity index (χ2v) is 9.89. The van der Waals surface area contributed by atoms with Crippen molar-refractivity contribution in [2.45, 2.75) is 75.2 Å². The van der Waals surface area contributed by atoms with Crippen LogP contribution in [0, 0.1) is 0 Å². The summed E-state index contributed by atoms with van der Waals surface area (Å²) in [5.41, 5.74) is 0. The molecule has 0 amide bonds. The summed E-state index contributed by atoms with van der Waals surface area (Å²) in [6.07, 6.45) is 11.4. The van der Waals surface area contributed by atoms with E-state index in [9.17, 15) is 0 Å². The van der Waals surface area contributed by atoms with E-state index in [1.54, 1.807) is 11.8 Å². The van der Waals surface area contributed by atoms with Crippen LogP contribution in [0.15, 0.2) is 10.1 Å². The summed E-state index contributed by atoms with van der Waals surface area (Å²) in [4.78, 5) is 4.74. The molecule has 6 nitrogen and oxygen atoms in total. The molecule has 27 heavy (non-hydrogen) atoms. The van der Waals surface area contributed by atoms with E-state index in [1.807, 2.05) is 11.8 Å². The molecule has 1 aliphatic rings. The molecule has 1 aromatic heterocycles. The van der Waals surface area contributed by atoms with E-state index in [2.05, 4.69) is 58.7 Å². The number of hydrogen-bond donors (Lipinski definition) is 2. The first kappa shape index (κ1) is 22.4. The molecule has 2 rings (SSSR count). The number of nitrogens with zero attached hydrogens (tertiary/aromatic N) is 4. The minimum atomic E-state index is 0.161. The average molecular weight is 413 g/mol. The highest BCUT2D eigenvalue weighted by Gasteiger charge is 2.23. The van der Waals surface area contributed by atoms with Gasteiger partial charge in [0.05, 0.1) is 6.54 Å². The second kappa shape index (κ2) is 11.2. The van der Waals surface area contributed by atoms with Gasteiger partial charge in [-0.2, -0.15) is 11.8 Å². The monoisotopic (exact) mass is 412 g/mol. The molecule has 0 aromatic carbocycles. The van der Waals surface area contributed by atoms with Gasteiger partial charge in [0.25, 0.3) is 0 Å². The first-order valence-corrected chi connectivity index (χ1v) is 12.5. The zero-order valence-electron chi connectivity index (χ0n) is 17.5. The molecule has 8 heteroatoms. The highest BCUT2D eigenvalue weighted by molar-refractivity contribution is 8.00. The van der Waals surface area contributed by atoms with Crippen LogP contribution in [0.25, 0.3) is 0 Å². The van der Waals surface area contributed by atoms with Crippen LogP contribution in [0.2, 0.25) is 0 Å². The van der Waals surface area contributed by atoms with E-state index in [4.69, 9.17) is 4.99 Å². The van der Waals surface area contributed by atoms with Gasteiger partial charge in [-0.1, -0.05) is 24.6 Å². The SMILES string of the molecule is CCNC(=NCC(C)(C)SC)NCCCc1nnc(SC)n1C1CCCC1. The molecular weight excluding hydrogens is 376 g/mol. The van der Waals surface area contributed by atoms with Crippen LogP contribution in [0.5, 0.6) is 0 Å². The van der Waals surface area contributed by atoms with Crippen LogP contribution in [0.3, 0.4) is 0 Å². The summed E-state index contributed by atoms with van der Waals surface area (Å²) in [5.74, 6) is 2.04. The zero-order chi connectivity index (χ0) is 19.7. The zero-order valence-corrected chi connectivity index (χ0v) is 19.2. The third-order valence-electron chi connectivity index (χ3n) is 4.99. The lowest BCUT2D eigenvalue weighted by Gasteiger charge is -2.20. The predicted molar refractivity (Wildman–Crippen MR) is 119 cm³/mol. The van der Waals surface area contributed by atoms with Gasteiger partial charge in [0.15, 0.2) is 11.1 Å². The normalized spacial score (nSPS) is 16.1. The van der Waals surface area contributed by atoms with Gasteiger partial charge in [0.1, 0.15) is 5.82 Å². The summed E-state index contributed by atoms with van der Waals surface area (Å²) < 4.78 is 2.56. The van der Waals surface area contributed by atoms with E-state index in [-0.39, 0.29) is 4.75 Å². The second-order valence-electron chi connectivity index (χ2n) is 7.60. The summed E-state index contributed by atoms with van der Waals surface area (Å²) in [5, 5.41) is 16.8. The lowest BCUT2D eigenvalue weighted by molar-refractivity contribution is 0.460. The standard InChI is InChI=1S/C19H36N6S2/c1-6-20-17(22-14-19(2,3)27-5)21-13-9-12-16-23-24-18(26-4)25(16)15-10-7-8-11-15/h15H,6-14H2,1-5H3,(H2,20,21,22). The molecule has 0 bridgehead atoms. The number of guanidine groups is 1. The van der Waals surface area contributed by atoms with Gasteiger partial charge in [-0.25, -0.2) is 0 Å². The van der Waals surface area contributed by atoms with Crippen molar-refractivity contribution in [3.8, 4) is 0 Å². The Labute approximate surface area is 173 Å². The number of aromatic nitrogens is 3. The quantitative estimate of drug-likeness (QED) is 0.264. The van der Waals surface area contributed by atoms with Crippen molar-refractivity contribution in [1.82, 2.24) is 25.4 Å². The van der Waals surface area contributed by atoms with Crippen molar-refractivity contribution < 1.29 is 0 Å². The molecule has 1 aromatic rings. The molecule has 1 heterocycles. The Hall–Kier alpha value is -0.890. The molecule has 2 N–H and O–H groups in total. The van der Waals surface area contributed by atoms with Crippen LogP contribution in [-0.2, 0) is 6.42 Å². The molecule has 0 unspecified atom stereocenters. The third-order valence-corrected chi connectivity index (χ3v) is 6.87. The van der Waals surface area contributed by atoms with Crippen molar-refractivity contribution in [1.29, 1.82) is 0 Å². The molecule has 0 spiro atoms. The summed E-state index contributed by atoms with van der Waals surface area (Å²) >= 11 is 3.56. The molecule has 0 aliphatic heterocycles. The minimum absolute atomic E-state index is 0.161. The van der Waals surface area contributed by atoms with Crippen LogP contribution >= 0.6 is 23.5 Å². The lowest BCUT2D eigenvalue weighted by atomic mass is 10.2. The fourth-order valence-corrected chi connectivity index (χ4v) is 4.04. The third kappa shape index (κ3) is 6.89. The summed E-state index contributed by atoms with van der Waals surface area (Å²) in [6, 6.07) is 0.595. The van der Waals surface area contributed by atoms with Gasteiger partial charge in [-0.15, -0.1) is 10.2 Å². The molecule has 0 saturated heterocycles. The van der Waals surface area contributed by atoms with Crippen molar-refractivity contribution >= 4 is 29.5 Å². The molecule has 0 radical (unpaired) electrons. The maximum absolute atomic E-state index is 4.74. The van der Waals surface area contributed by atoms with Gasteiger partial charge in [-0.3, -0.25) is 4.99 Å². The predicted octanol–water partition coefficient (Wildman–Crippen LogP) is 3.74. The van der Waals surface area contributed by atoms with E-state index < -0.39 is 0 Å². The molecular formula is C19H36N6S2. The van der Waals surface area contributed by atoms with Crippen LogP contribution in [0.1, 0.15) is 64.7 Å². The van der Waals surface area contributed by atoms with Crippen molar-refractivity contribution in [3.63, 3.8) is 0 Å². The number of aryl methyl sites for hydroxylation is 1. The Bertz CT molecular complexity index is 593. The molecule has 1 saturated carbocycles. The van der Waals surface area contributed by atoms with Gasteiger partial charge in [0, 0.05) is 30.3 Å². The van der Waals surface area contributed by atoms with E-state index in [0.29, 0.717) is 6.04 Å². The Kier molecular flexibility index (Phi) is 9.29. The summed E-state index contributed by atoms with van der Waals surface area (Å²) in [6.45, 7) is 9.12. The molecule has 0 atom stereocenters. The fraction of sp³-hybridized carbons (Fsp3) is 0.842. The first-order valence-electron chi connectivity index (χ1n) is 10.1. The van der Waals surface area contributed by atoms with Crippen molar-refractivity contribution in [2.75, 3.05) is 32.1 Å². The minimum Gasteiger partial charge on any atom is -0.357 e. The highest BCUT2D eigenvalue weighted by atomic mass is 32.2. The topological polar surface area (TPSA) is 67.1 Å². The van der Waals surface area contributed by atoms with E-state index in [1.165, 1.54) is 25.7 Å². The molecule has 1 fully saturated rings. The Morgan fingerprint density at radius 2 is 1.96 bits per heavy atom. The van der Waals surface area contributed by atoms with Crippen LogP contribution in [-0.4, -0.2) is 57.6 Å². The molecule has 1 aliphatic carbocycles. The van der Waals surface area contributed by atoms with Crippen LogP contribution in [0.4, 0.5) is 0 Å². The number of nitrogens with one attached hydrogen (secondary N) is 2. The lowest BCUT2D eigenvalue weighted by Crippen LogP contribution is -2.39. The number of aliphatic imine (C=N–C) groups is 1. The average Bonchev–Trinajstić information content (AvgIpc) is 3.32. The van der Waals surface area contributed by atoms with Gasteiger partial charge < -0.3 is 15.2 Å². The maximum Gasteiger partial charge on any atom is 0.191 e. The number of rotatable bonds is 10. The summed E-state index contributed by atoms with van der Waals surface area (Å²) in [7, 11) is 0. The fourth-order valence-electron chi connectivity index (χ4n) is 3.28. The number of hydrogen-bond acceptors (Lipinski definition) is 5. The number of thioether (sulfide) groups is 2. The van der Waals surface area contributed by atoms with Crippen molar-refractivity contribution in [2.24, 2.45) is 4.99 Å². The Morgan fingerprint density at radius 3 is 2.59 bits per heavy atom. The largest absolute Gasteiger partial charge is 0.357 e. The first-order chi connectivity index (χ1) is 13.0. The highest BCUT2D eigenvalue weighted by Crippen LogP contribution is 2.33. The van der Waals surface area contributed by atoms with Gasteiger partial charge >= 0.3 is 0 Å². The molecule has 154 valence electrons. The van der Waals surface area contributed by atoms with Crippen molar-refractivity contribution in [3.05, 3.63) is 5.82 Å². The Morgan fingerprint density at radius 1 is 1.22 bits per heavy atom. The van der Waals surface area contributed by atoms with Gasteiger partial charge in [-0.05, 0) is 52.5 Å². The van der Waals surface area contributed by atoms with Crippen LogP contribution < -0.4 is 10.6 Å². The smallest absolute Gasteiger partial charge is 0.191 e.